The topological polar surface area (TPSA) is 53.0 Å². The van der Waals surface area contributed by atoms with Gasteiger partial charge in [0.2, 0.25) is 5.88 Å². The smallest absolute Gasteiger partial charge is 0.216 e. The van der Waals surface area contributed by atoms with Gasteiger partial charge in [-0.3, -0.25) is 0 Å². The lowest BCUT2D eigenvalue weighted by Crippen LogP contribution is -2.36. The number of hydrogen-bond acceptors (Lipinski definition) is 6. The number of nitrogens with zero attached hydrogens (tertiary/aromatic N) is 2. The van der Waals surface area contributed by atoms with E-state index in [1.54, 1.807) is 0 Å². The number of anilines is 1. The number of hydrogen-bond donors (Lipinski definition) is 0. The Kier molecular flexibility index (Phi) is 6.94. The molecule has 3 rings (SSSR count). The van der Waals surface area contributed by atoms with E-state index in [0.717, 1.165) is 55.1 Å². The molecule has 1 aromatic heterocycles. The lowest BCUT2D eigenvalue weighted by Gasteiger charge is -2.28. The van der Waals surface area contributed by atoms with Crippen LogP contribution in [0.15, 0.2) is 12.1 Å². The normalized spacial score (nSPS) is 23.1. The first-order valence-corrected chi connectivity index (χ1v) is 9.69. The highest BCUT2D eigenvalue weighted by atomic mass is 127. The second-order valence-corrected chi connectivity index (χ2v) is 7.38. The van der Waals surface area contributed by atoms with Crippen molar-refractivity contribution < 1.29 is 18.9 Å². The maximum Gasteiger partial charge on any atom is 0.216 e. The molecule has 24 heavy (non-hydrogen) atoms. The van der Waals surface area contributed by atoms with Gasteiger partial charge in [0.15, 0.2) is 6.29 Å². The van der Waals surface area contributed by atoms with E-state index in [2.05, 4.69) is 38.5 Å². The Balaban J connectivity index is 1.54. The summed E-state index contributed by atoms with van der Waals surface area (Å²) in [6, 6.07) is 4.04. The predicted molar refractivity (Wildman–Crippen MR) is 99.6 cm³/mol. The summed E-state index contributed by atoms with van der Waals surface area (Å²) in [6.45, 7) is 6.52. The fourth-order valence-electron chi connectivity index (χ4n) is 2.80. The van der Waals surface area contributed by atoms with E-state index in [1.807, 2.05) is 13.0 Å². The van der Waals surface area contributed by atoms with Crippen molar-refractivity contribution >= 4 is 28.4 Å². The third-order valence-electron chi connectivity index (χ3n) is 4.06. The summed E-state index contributed by atoms with van der Waals surface area (Å²) in [7, 11) is 0. The molecule has 0 bridgehead atoms. The van der Waals surface area contributed by atoms with E-state index in [0.29, 0.717) is 12.5 Å². The quantitative estimate of drug-likeness (QED) is 0.625. The molecule has 0 N–H and O–H groups in total. The van der Waals surface area contributed by atoms with Gasteiger partial charge >= 0.3 is 0 Å². The van der Waals surface area contributed by atoms with Crippen LogP contribution < -0.4 is 9.64 Å². The van der Waals surface area contributed by atoms with Gasteiger partial charge in [0.1, 0.15) is 11.9 Å². The third kappa shape index (κ3) is 5.44. The summed E-state index contributed by atoms with van der Waals surface area (Å²) in [5.41, 5.74) is 0. The van der Waals surface area contributed by atoms with E-state index < -0.39 is 0 Å². The molecule has 0 aromatic carbocycles. The van der Waals surface area contributed by atoms with Gasteiger partial charge in [-0.2, -0.15) is 4.98 Å². The minimum absolute atomic E-state index is 0.0706. The Hall–Kier alpha value is -0.640. The molecule has 0 saturated carbocycles. The molecule has 7 heteroatoms. The van der Waals surface area contributed by atoms with Crippen molar-refractivity contribution in [3.63, 3.8) is 0 Å². The molecule has 2 atom stereocenters. The van der Waals surface area contributed by atoms with E-state index in [4.69, 9.17) is 18.9 Å². The van der Waals surface area contributed by atoms with E-state index in [-0.39, 0.29) is 12.4 Å². The zero-order chi connectivity index (χ0) is 16.8. The Labute approximate surface area is 156 Å². The zero-order valence-electron chi connectivity index (χ0n) is 14.1. The molecule has 2 aliphatic heterocycles. The van der Waals surface area contributed by atoms with Crippen LogP contribution in [0.25, 0.3) is 0 Å². The van der Waals surface area contributed by atoms with Gasteiger partial charge in [-0.25, -0.2) is 0 Å². The van der Waals surface area contributed by atoms with Crippen LogP contribution >= 0.6 is 22.6 Å². The third-order valence-corrected chi connectivity index (χ3v) is 4.69. The van der Waals surface area contributed by atoms with Crippen LogP contribution in [-0.2, 0) is 14.2 Å². The first kappa shape index (κ1) is 18.2. The molecule has 2 fully saturated rings. The minimum atomic E-state index is -0.0856. The van der Waals surface area contributed by atoms with Crippen molar-refractivity contribution in [3.8, 4) is 5.88 Å². The van der Waals surface area contributed by atoms with E-state index in [9.17, 15) is 0 Å². The van der Waals surface area contributed by atoms with Crippen LogP contribution in [0.3, 0.4) is 0 Å². The Morgan fingerprint density at radius 3 is 2.88 bits per heavy atom. The number of pyridine rings is 1. The second-order valence-electron chi connectivity index (χ2n) is 6.14. The summed E-state index contributed by atoms with van der Waals surface area (Å²) in [5.74, 6) is 1.59. The maximum atomic E-state index is 5.96. The Morgan fingerprint density at radius 1 is 1.29 bits per heavy atom. The van der Waals surface area contributed by atoms with E-state index >= 15 is 0 Å². The average Bonchev–Trinajstić information content (AvgIpc) is 2.61. The summed E-state index contributed by atoms with van der Waals surface area (Å²) >= 11 is 2.30. The standard InChI is InChI=1S/C17H25IN2O4/c1-13(12-23-17-4-2-3-7-22-17)24-16-11-14(18)10-15(19-16)20-5-8-21-9-6-20/h10-11,13,17H,2-9,12H2,1H3/t13-,17?/m0/s1. The van der Waals surface area contributed by atoms with Crippen LogP contribution in [0.1, 0.15) is 26.2 Å². The number of aromatic nitrogens is 1. The number of ether oxygens (including phenoxy) is 4. The largest absolute Gasteiger partial charge is 0.472 e. The predicted octanol–water partition coefficient (Wildman–Crippen LogP) is 2.83. The number of rotatable bonds is 6. The van der Waals surface area contributed by atoms with E-state index in [1.165, 1.54) is 6.42 Å². The van der Waals surface area contributed by atoms with Crippen molar-refractivity contribution in [3.05, 3.63) is 15.7 Å². The van der Waals surface area contributed by atoms with Crippen LogP contribution in [0.4, 0.5) is 5.82 Å². The zero-order valence-corrected chi connectivity index (χ0v) is 16.2. The van der Waals surface area contributed by atoms with Crippen molar-refractivity contribution in [1.82, 2.24) is 4.98 Å². The van der Waals surface area contributed by atoms with Gasteiger partial charge in [0, 0.05) is 29.3 Å². The fourth-order valence-corrected chi connectivity index (χ4v) is 3.35. The number of halogens is 1. The van der Waals surface area contributed by atoms with Crippen molar-refractivity contribution in [2.75, 3.05) is 44.4 Å². The molecular weight excluding hydrogens is 423 g/mol. The maximum absolute atomic E-state index is 5.96. The summed E-state index contributed by atoms with van der Waals surface area (Å²) < 4.78 is 23.9. The fraction of sp³-hybridized carbons (Fsp3) is 0.706. The van der Waals surface area contributed by atoms with Crippen LogP contribution in [0.2, 0.25) is 0 Å². The molecule has 1 aromatic rings. The van der Waals surface area contributed by atoms with Crippen molar-refractivity contribution in [1.29, 1.82) is 0 Å². The summed E-state index contributed by atoms with van der Waals surface area (Å²) in [5, 5.41) is 0. The Bertz CT molecular complexity index is 519. The highest BCUT2D eigenvalue weighted by Gasteiger charge is 2.18. The average molecular weight is 448 g/mol. The lowest BCUT2D eigenvalue weighted by atomic mass is 10.2. The van der Waals surface area contributed by atoms with Gasteiger partial charge in [0.05, 0.1) is 19.8 Å². The summed E-state index contributed by atoms with van der Waals surface area (Å²) in [4.78, 5) is 6.88. The molecule has 0 amide bonds. The molecule has 0 aliphatic carbocycles. The van der Waals surface area contributed by atoms with Gasteiger partial charge < -0.3 is 23.8 Å². The van der Waals surface area contributed by atoms with Crippen LogP contribution in [0, 0.1) is 3.57 Å². The van der Waals surface area contributed by atoms with Gasteiger partial charge in [-0.1, -0.05) is 0 Å². The highest BCUT2D eigenvalue weighted by molar-refractivity contribution is 14.1. The highest BCUT2D eigenvalue weighted by Crippen LogP contribution is 2.23. The lowest BCUT2D eigenvalue weighted by molar-refractivity contribution is -0.172. The van der Waals surface area contributed by atoms with Gasteiger partial charge in [0.25, 0.3) is 0 Å². The summed E-state index contributed by atoms with van der Waals surface area (Å²) in [6.07, 6.45) is 3.11. The second kappa shape index (κ2) is 9.17. The molecule has 0 spiro atoms. The van der Waals surface area contributed by atoms with Crippen molar-refractivity contribution in [2.45, 2.75) is 38.6 Å². The molecule has 2 aliphatic rings. The van der Waals surface area contributed by atoms with Crippen LogP contribution in [0.5, 0.6) is 5.88 Å². The molecule has 2 saturated heterocycles. The Morgan fingerprint density at radius 2 is 2.12 bits per heavy atom. The van der Waals surface area contributed by atoms with Crippen molar-refractivity contribution in [2.24, 2.45) is 0 Å². The first-order valence-electron chi connectivity index (χ1n) is 8.61. The van der Waals surface area contributed by atoms with Gasteiger partial charge in [-0.15, -0.1) is 0 Å². The molecule has 134 valence electrons. The van der Waals surface area contributed by atoms with Gasteiger partial charge in [-0.05, 0) is 54.8 Å². The number of morpholine rings is 1. The van der Waals surface area contributed by atoms with Crippen LogP contribution in [-0.4, -0.2) is 56.9 Å². The monoisotopic (exact) mass is 448 g/mol. The first-order chi connectivity index (χ1) is 11.7. The molecule has 3 heterocycles. The minimum Gasteiger partial charge on any atom is -0.472 e. The molecule has 6 nitrogen and oxygen atoms in total. The molecular formula is C17H25IN2O4. The molecule has 0 radical (unpaired) electrons. The molecule has 1 unspecified atom stereocenters. The SMILES string of the molecule is C[C@@H](COC1CCCCO1)Oc1cc(I)cc(N2CCOCC2)n1.